The molecule has 13 heteroatoms. The Morgan fingerprint density at radius 2 is 1.54 bits per heavy atom. The van der Waals surface area contributed by atoms with Gasteiger partial charge in [0.2, 0.25) is 11.8 Å². The van der Waals surface area contributed by atoms with E-state index in [0.29, 0.717) is 19.4 Å². The molecule has 1 aromatic heterocycles. The lowest BCUT2D eigenvalue weighted by atomic mass is 9.89. The molecule has 4 unspecified atom stereocenters. The molecule has 0 saturated heterocycles. The van der Waals surface area contributed by atoms with E-state index in [2.05, 4.69) is 39.5 Å². The van der Waals surface area contributed by atoms with Crippen LogP contribution in [0.1, 0.15) is 43.4 Å². The van der Waals surface area contributed by atoms with Crippen molar-refractivity contribution in [1.29, 1.82) is 0 Å². The van der Waals surface area contributed by atoms with Gasteiger partial charge in [-0.1, -0.05) is 95.0 Å². The van der Waals surface area contributed by atoms with Crippen LogP contribution in [0.5, 0.6) is 0 Å². The largest absolute Gasteiger partial charge is 0.348 e. The summed E-state index contributed by atoms with van der Waals surface area (Å²) in [4.78, 5) is 58.7. The predicted molar refractivity (Wildman–Crippen MR) is 213 cm³/mol. The van der Waals surface area contributed by atoms with Gasteiger partial charge >= 0.3 is 0 Å². The first-order chi connectivity index (χ1) is 24.1. The van der Waals surface area contributed by atoms with E-state index < -0.39 is 37.4 Å². The molecule has 0 bridgehead atoms. The second kappa shape index (κ2) is 20.4. The molecule has 2 N–H and O–H groups in total. The number of carbonyl (C=O) groups is 4. The van der Waals surface area contributed by atoms with Crippen LogP contribution < -0.4 is 10.6 Å². The average molecular weight is 770 g/mol. The van der Waals surface area contributed by atoms with Crippen molar-refractivity contribution < 1.29 is 23.7 Å². The van der Waals surface area contributed by atoms with Gasteiger partial charge in [0.15, 0.2) is 11.6 Å². The summed E-state index contributed by atoms with van der Waals surface area (Å²) in [5.41, 5.74) is 2.61. The summed E-state index contributed by atoms with van der Waals surface area (Å²) in [6.07, 6.45) is 4.31. The molecule has 0 aliphatic carbocycles. The van der Waals surface area contributed by atoms with Crippen molar-refractivity contribution in [3.63, 3.8) is 0 Å². The summed E-state index contributed by atoms with van der Waals surface area (Å²) < 4.78 is 5.85. The number of amides is 2. The molecular weight excluding hydrogens is 726 g/mol. The van der Waals surface area contributed by atoms with Crippen LogP contribution in [0.15, 0.2) is 91.3 Å². The summed E-state index contributed by atoms with van der Waals surface area (Å²) in [5.74, 6) is -2.37. The first kappa shape index (κ1) is 40.1. The molecule has 8 nitrogen and oxygen atoms in total. The van der Waals surface area contributed by atoms with Gasteiger partial charge < -0.3 is 15.2 Å². The maximum atomic E-state index is 14.2. The van der Waals surface area contributed by atoms with E-state index in [9.17, 15) is 19.2 Å². The van der Waals surface area contributed by atoms with Crippen LogP contribution in [0.4, 0.5) is 0 Å². The van der Waals surface area contributed by atoms with E-state index in [4.69, 9.17) is 16.1 Å². The number of halogens is 1. The summed E-state index contributed by atoms with van der Waals surface area (Å²) in [6, 6.07) is 23.2. The monoisotopic (exact) mass is 769 g/mol. The molecule has 0 saturated carbocycles. The standard InChI is InChI=1S/C37H44ClN3O5P4/c1-3-34(42)33(23-46-50(48)49-47)41-37(45)30(19-27-7-6-16-39-22-27)21-35(43)32(20-25-11-14-31(38)15-12-25)40-36(44)24(2)17-26-10-13-28-8-4-5-9-29(28)18-26/h4-16,18,22,24,30,32-33,49H,3,17,19-21,23,47-48H2,1-2H3,(H,40,44)(H,41,45)/t24-,30+,32-,33+,50?/m1/s1. The van der Waals surface area contributed by atoms with Gasteiger partial charge in [0.25, 0.3) is 0 Å². The van der Waals surface area contributed by atoms with Crippen LogP contribution >= 0.6 is 44.9 Å². The molecule has 4 aromatic rings. The van der Waals surface area contributed by atoms with E-state index in [1.54, 1.807) is 37.5 Å². The Bertz CT molecular complexity index is 1750. The van der Waals surface area contributed by atoms with Gasteiger partial charge in [0.05, 0.1) is 20.2 Å². The Balaban J connectivity index is 1.55. The number of ketones is 2. The molecule has 8 atom stereocenters. The third kappa shape index (κ3) is 12.5. The lowest BCUT2D eigenvalue weighted by Crippen LogP contribution is -2.49. The number of nitrogens with one attached hydrogen (secondary N) is 2. The van der Waals surface area contributed by atoms with Crippen molar-refractivity contribution in [3.05, 3.63) is 113 Å². The number of Topliss-reactive ketones (excluding diaryl/α,β-unsaturated/α-hetero) is 2. The second-order valence-corrected chi connectivity index (χ2v) is 21.2. The molecule has 4 rings (SSSR count). The van der Waals surface area contributed by atoms with Crippen LogP contribution in [0.3, 0.4) is 0 Å². The summed E-state index contributed by atoms with van der Waals surface area (Å²) in [5, 5.41) is 8.67. The lowest BCUT2D eigenvalue weighted by molar-refractivity contribution is -0.134. The highest BCUT2D eigenvalue weighted by Crippen LogP contribution is 2.66. The molecular formula is C37H44ClN3O5P4. The van der Waals surface area contributed by atoms with E-state index in [-0.39, 0.29) is 49.8 Å². The average Bonchev–Trinajstić information content (AvgIpc) is 3.13. The normalized spacial score (nSPS) is 14.5. The van der Waals surface area contributed by atoms with Gasteiger partial charge in [-0.2, -0.15) is 0 Å². The Labute approximate surface area is 306 Å². The fraction of sp³-hybridized carbons (Fsp3) is 0.324. The highest BCUT2D eigenvalue weighted by atomic mass is 35.5. The Morgan fingerprint density at radius 3 is 2.22 bits per heavy atom. The van der Waals surface area contributed by atoms with E-state index >= 15 is 0 Å². The first-order valence-corrected chi connectivity index (χ1v) is 23.4. The van der Waals surface area contributed by atoms with Gasteiger partial charge in [-0.25, -0.2) is 0 Å². The smallest absolute Gasteiger partial charge is 0.224 e. The van der Waals surface area contributed by atoms with Crippen LogP contribution in [0.2, 0.25) is 5.02 Å². The lowest BCUT2D eigenvalue weighted by Gasteiger charge is -2.25. The van der Waals surface area contributed by atoms with Crippen LogP contribution in [-0.2, 0) is 43.0 Å². The zero-order chi connectivity index (χ0) is 36.0. The van der Waals surface area contributed by atoms with Crippen molar-refractivity contribution >= 4 is 79.1 Å². The van der Waals surface area contributed by atoms with Crippen LogP contribution in [0.25, 0.3) is 10.8 Å². The molecule has 2 amide bonds. The number of fused-ring (bicyclic) bond motifs is 1. The second-order valence-electron chi connectivity index (χ2n) is 12.2. The molecule has 50 heavy (non-hydrogen) atoms. The third-order valence-electron chi connectivity index (χ3n) is 8.45. The Kier molecular flexibility index (Phi) is 16.3. The quantitative estimate of drug-likeness (QED) is 0.0948. The number of nitrogens with zero attached hydrogens (tertiary/aromatic N) is 1. The molecule has 0 radical (unpaired) electrons. The Morgan fingerprint density at radius 1 is 0.840 bits per heavy atom. The zero-order valence-corrected chi connectivity index (χ0v) is 33.1. The first-order valence-electron chi connectivity index (χ1n) is 16.5. The predicted octanol–water partition coefficient (Wildman–Crippen LogP) is 7.66. The SMILES string of the molecule is CCC(=O)[C@H](COP(P)PP)NC(=O)[C@H](CC(=O)[C@@H](Cc1ccc(Cl)cc1)NC(=O)[C@H](C)Cc1ccc2ccccc2c1)Cc1cccnc1. The molecule has 264 valence electrons. The van der Waals surface area contributed by atoms with Crippen molar-refractivity contribution in [2.45, 2.75) is 58.0 Å². The fourth-order valence-electron chi connectivity index (χ4n) is 5.62. The molecule has 0 aliphatic rings. The molecule has 0 fully saturated rings. The number of pyridine rings is 1. The highest BCUT2D eigenvalue weighted by molar-refractivity contribution is 8.59. The molecule has 3 aromatic carbocycles. The van der Waals surface area contributed by atoms with Crippen LogP contribution in [0, 0.1) is 11.8 Å². The summed E-state index contributed by atoms with van der Waals surface area (Å²) >= 11 is 6.13. The number of hydrogen-bond donors (Lipinski definition) is 2. The summed E-state index contributed by atoms with van der Waals surface area (Å²) in [7, 11) is 4.92. The molecule has 1 heterocycles. The van der Waals surface area contributed by atoms with Crippen LogP contribution in [-0.4, -0.2) is 47.1 Å². The number of aromatic nitrogens is 1. The fourth-order valence-corrected chi connectivity index (χ4v) is 7.50. The maximum absolute atomic E-state index is 14.2. The summed E-state index contributed by atoms with van der Waals surface area (Å²) in [6.45, 7) is 3.63. The number of carbonyl (C=O) groups excluding carboxylic acids is 4. The number of benzene rings is 3. The Hall–Kier alpha value is -2.68. The highest BCUT2D eigenvalue weighted by Gasteiger charge is 2.31. The van der Waals surface area contributed by atoms with Gasteiger partial charge in [-0.15, -0.1) is 8.93 Å². The molecule has 0 spiro atoms. The van der Waals surface area contributed by atoms with Crippen molar-refractivity contribution in [1.82, 2.24) is 15.6 Å². The minimum atomic E-state index is -0.896. The van der Waals surface area contributed by atoms with Gasteiger partial charge in [-0.05, 0) is 72.9 Å². The van der Waals surface area contributed by atoms with Crippen molar-refractivity contribution in [2.24, 2.45) is 11.8 Å². The molecule has 0 aliphatic heterocycles. The van der Waals surface area contributed by atoms with E-state index in [0.717, 1.165) is 27.5 Å². The third-order valence-corrected chi connectivity index (χ3v) is 17.3. The zero-order valence-electron chi connectivity index (χ0n) is 28.2. The van der Waals surface area contributed by atoms with E-state index in [1.165, 1.54) is 0 Å². The minimum Gasteiger partial charge on any atom is -0.348 e. The number of rotatable bonds is 19. The minimum absolute atomic E-state index is 0.0485. The van der Waals surface area contributed by atoms with Gasteiger partial charge in [0.1, 0.15) is 6.04 Å². The maximum Gasteiger partial charge on any atom is 0.224 e. The van der Waals surface area contributed by atoms with E-state index in [1.807, 2.05) is 61.5 Å². The number of hydrogen-bond acceptors (Lipinski definition) is 6. The van der Waals surface area contributed by atoms with Crippen molar-refractivity contribution in [2.75, 3.05) is 6.61 Å². The topological polar surface area (TPSA) is 114 Å². The van der Waals surface area contributed by atoms with Crippen molar-refractivity contribution in [3.8, 4) is 0 Å². The van der Waals surface area contributed by atoms with Gasteiger partial charge in [-0.3, -0.25) is 24.2 Å². The van der Waals surface area contributed by atoms with Gasteiger partial charge in [0, 0.05) is 42.1 Å².